The van der Waals surface area contributed by atoms with E-state index in [1.165, 1.54) is 17.5 Å². The second kappa shape index (κ2) is 7.85. The summed E-state index contributed by atoms with van der Waals surface area (Å²) in [4.78, 5) is 32.0. The number of nitrogens with two attached hydrogens (primary N) is 3. The summed E-state index contributed by atoms with van der Waals surface area (Å²) in [5.41, 5.74) is 16.9. The summed E-state index contributed by atoms with van der Waals surface area (Å²) >= 11 is 6.63. The largest absolute Gasteiger partial charge is 0.397 e. The number of anilines is 3. The molecule has 9 nitrogen and oxygen atoms in total. The van der Waals surface area contributed by atoms with E-state index in [1.807, 2.05) is 0 Å². The van der Waals surface area contributed by atoms with Gasteiger partial charge in [-0.25, -0.2) is 9.97 Å². The molecule has 0 aromatic carbocycles. The lowest BCUT2D eigenvalue weighted by Crippen LogP contribution is -2.35. The molecule has 1 atom stereocenters. The van der Waals surface area contributed by atoms with Crippen LogP contribution in [0.1, 0.15) is 28.7 Å². The number of carbonyl (C=O) groups excluding carboxylic acids is 2. The summed E-state index contributed by atoms with van der Waals surface area (Å²) < 4.78 is 0. The van der Waals surface area contributed by atoms with Crippen LogP contribution >= 0.6 is 23.6 Å². The molecular weight excluding hydrogens is 362 g/mol. The molecule has 2 aromatic heterocycles. The summed E-state index contributed by atoms with van der Waals surface area (Å²) in [7, 11) is 0. The molecule has 132 valence electrons. The van der Waals surface area contributed by atoms with Crippen LogP contribution in [0.4, 0.5) is 17.3 Å². The van der Waals surface area contributed by atoms with Gasteiger partial charge in [-0.1, -0.05) is 19.1 Å². The quantitative estimate of drug-likeness (QED) is 0.439. The Bertz CT molecular complexity index is 821. The van der Waals surface area contributed by atoms with Gasteiger partial charge in [-0.05, 0) is 17.9 Å². The first kappa shape index (κ1) is 18.5. The SMILES string of the molecule is CCC(Nc1cnc(C(N)=O)c(NC(=S)c2sccc2N)n1)C(N)=O. The van der Waals surface area contributed by atoms with Crippen molar-refractivity contribution < 1.29 is 9.59 Å². The van der Waals surface area contributed by atoms with Crippen molar-refractivity contribution in [2.75, 3.05) is 16.4 Å². The topological polar surface area (TPSA) is 162 Å². The average molecular weight is 379 g/mol. The molecule has 25 heavy (non-hydrogen) atoms. The highest BCUT2D eigenvalue weighted by molar-refractivity contribution is 7.81. The Balaban J connectivity index is 2.32. The van der Waals surface area contributed by atoms with E-state index in [-0.39, 0.29) is 22.3 Å². The van der Waals surface area contributed by atoms with Gasteiger partial charge in [0.05, 0.1) is 16.8 Å². The Kier molecular flexibility index (Phi) is 5.83. The third-order valence-electron chi connectivity index (χ3n) is 3.21. The summed E-state index contributed by atoms with van der Waals surface area (Å²) in [6, 6.07) is 1.09. The monoisotopic (exact) mass is 379 g/mol. The zero-order valence-corrected chi connectivity index (χ0v) is 14.9. The Morgan fingerprint density at radius 3 is 2.64 bits per heavy atom. The van der Waals surface area contributed by atoms with Crippen molar-refractivity contribution in [3.8, 4) is 0 Å². The fraction of sp³-hybridized carbons (Fsp3) is 0.214. The smallest absolute Gasteiger partial charge is 0.271 e. The van der Waals surface area contributed by atoms with Crippen LogP contribution in [0.3, 0.4) is 0 Å². The number of nitrogens with zero attached hydrogens (tertiary/aromatic N) is 2. The van der Waals surface area contributed by atoms with Gasteiger partial charge in [-0.15, -0.1) is 11.3 Å². The normalized spacial score (nSPS) is 11.6. The fourth-order valence-electron chi connectivity index (χ4n) is 1.95. The van der Waals surface area contributed by atoms with Gasteiger partial charge in [0.25, 0.3) is 5.91 Å². The summed E-state index contributed by atoms with van der Waals surface area (Å²) in [5, 5.41) is 7.46. The van der Waals surface area contributed by atoms with Crippen molar-refractivity contribution in [3.63, 3.8) is 0 Å². The maximum absolute atomic E-state index is 11.6. The van der Waals surface area contributed by atoms with Crippen LogP contribution in [0.2, 0.25) is 0 Å². The van der Waals surface area contributed by atoms with Crippen molar-refractivity contribution in [3.05, 3.63) is 28.2 Å². The molecule has 11 heteroatoms. The second-order valence-electron chi connectivity index (χ2n) is 4.98. The lowest BCUT2D eigenvalue weighted by atomic mass is 10.2. The zero-order chi connectivity index (χ0) is 18.6. The number of nitrogens with one attached hydrogen (secondary N) is 2. The highest BCUT2D eigenvalue weighted by Crippen LogP contribution is 2.22. The molecule has 0 fully saturated rings. The first-order valence-electron chi connectivity index (χ1n) is 7.20. The van der Waals surface area contributed by atoms with Gasteiger partial charge in [0.1, 0.15) is 16.8 Å². The molecule has 1 unspecified atom stereocenters. The van der Waals surface area contributed by atoms with Gasteiger partial charge < -0.3 is 27.8 Å². The predicted octanol–water partition coefficient (Wildman–Crippen LogP) is 0.683. The summed E-state index contributed by atoms with van der Waals surface area (Å²) in [6.07, 6.45) is 1.75. The Morgan fingerprint density at radius 2 is 2.12 bits per heavy atom. The number of thiocarbonyl (C=S) groups is 1. The van der Waals surface area contributed by atoms with Crippen molar-refractivity contribution in [2.45, 2.75) is 19.4 Å². The number of amides is 2. The first-order valence-corrected chi connectivity index (χ1v) is 8.49. The Morgan fingerprint density at radius 1 is 1.40 bits per heavy atom. The molecule has 2 aromatic rings. The molecule has 2 heterocycles. The van der Waals surface area contributed by atoms with Crippen molar-refractivity contribution in [2.24, 2.45) is 11.5 Å². The minimum atomic E-state index is -0.773. The molecule has 0 aliphatic carbocycles. The number of primary amides is 2. The number of nitrogen functional groups attached to an aromatic ring is 1. The van der Waals surface area contributed by atoms with E-state index in [2.05, 4.69) is 20.6 Å². The van der Waals surface area contributed by atoms with Gasteiger partial charge in [0.2, 0.25) is 5.91 Å². The number of hydrogen-bond donors (Lipinski definition) is 5. The van der Waals surface area contributed by atoms with Gasteiger partial charge in [-0.2, -0.15) is 0 Å². The molecule has 0 aliphatic heterocycles. The minimum absolute atomic E-state index is 0.0645. The molecule has 2 amide bonds. The van der Waals surface area contributed by atoms with Crippen LogP contribution in [-0.2, 0) is 4.79 Å². The minimum Gasteiger partial charge on any atom is -0.397 e. The molecule has 8 N–H and O–H groups in total. The summed E-state index contributed by atoms with van der Waals surface area (Å²) in [6.45, 7) is 1.79. The molecular formula is C14H17N7O2S2. The summed E-state index contributed by atoms with van der Waals surface area (Å²) in [5.74, 6) is -0.986. The lowest BCUT2D eigenvalue weighted by Gasteiger charge is -2.15. The average Bonchev–Trinajstić information content (AvgIpc) is 2.98. The fourth-order valence-corrected chi connectivity index (χ4v) is 3.02. The molecule has 0 bridgehead atoms. The van der Waals surface area contributed by atoms with E-state index in [9.17, 15) is 9.59 Å². The second-order valence-corrected chi connectivity index (χ2v) is 6.31. The van der Waals surface area contributed by atoms with E-state index in [0.717, 1.165) is 0 Å². The van der Waals surface area contributed by atoms with Crippen LogP contribution in [0, 0.1) is 0 Å². The zero-order valence-electron chi connectivity index (χ0n) is 13.3. The molecule has 0 saturated carbocycles. The Labute approximate surface area is 153 Å². The van der Waals surface area contributed by atoms with Crippen molar-refractivity contribution in [1.29, 1.82) is 0 Å². The van der Waals surface area contributed by atoms with Crippen LogP contribution in [-0.4, -0.2) is 32.8 Å². The Hall–Kier alpha value is -2.79. The standard InChI is InChI=1S/C14H17N7O2S2/c1-2-7(11(16)22)19-8-5-18-9(12(17)23)13(20-8)21-14(24)10-6(15)3-4-25-10/h3-5,7H,2,15H2,1H3,(H2,16,22)(H2,17,23)(H2,19,20,21,24). The van der Waals surface area contributed by atoms with Crippen LogP contribution in [0.25, 0.3) is 0 Å². The van der Waals surface area contributed by atoms with Crippen molar-refractivity contribution >= 4 is 57.7 Å². The van der Waals surface area contributed by atoms with Crippen molar-refractivity contribution in [1.82, 2.24) is 9.97 Å². The van der Waals surface area contributed by atoms with Crippen LogP contribution in [0.5, 0.6) is 0 Å². The molecule has 0 radical (unpaired) electrons. The number of carbonyl (C=O) groups is 2. The maximum Gasteiger partial charge on any atom is 0.271 e. The van der Waals surface area contributed by atoms with E-state index in [0.29, 0.717) is 17.0 Å². The van der Waals surface area contributed by atoms with Gasteiger partial charge in [0.15, 0.2) is 11.5 Å². The van der Waals surface area contributed by atoms with E-state index in [4.69, 9.17) is 29.4 Å². The lowest BCUT2D eigenvalue weighted by molar-refractivity contribution is -0.118. The molecule has 0 aliphatic rings. The number of hydrogen-bond acceptors (Lipinski definition) is 8. The third kappa shape index (κ3) is 4.39. The number of rotatable bonds is 7. The van der Waals surface area contributed by atoms with E-state index >= 15 is 0 Å². The van der Waals surface area contributed by atoms with Gasteiger partial charge in [-0.3, -0.25) is 9.59 Å². The molecule has 0 saturated heterocycles. The van der Waals surface area contributed by atoms with Gasteiger partial charge in [0, 0.05) is 0 Å². The number of thiophene rings is 1. The predicted molar refractivity (Wildman–Crippen MR) is 102 cm³/mol. The first-order chi connectivity index (χ1) is 11.8. The maximum atomic E-state index is 11.6. The highest BCUT2D eigenvalue weighted by atomic mass is 32.1. The van der Waals surface area contributed by atoms with Gasteiger partial charge >= 0.3 is 0 Å². The van der Waals surface area contributed by atoms with Crippen LogP contribution < -0.4 is 27.8 Å². The molecule has 0 spiro atoms. The van der Waals surface area contributed by atoms with E-state index in [1.54, 1.807) is 18.4 Å². The molecule has 2 rings (SSSR count). The van der Waals surface area contributed by atoms with Crippen LogP contribution in [0.15, 0.2) is 17.6 Å². The highest BCUT2D eigenvalue weighted by Gasteiger charge is 2.18. The number of aromatic nitrogens is 2. The van der Waals surface area contributed by atoms with E-state index < -0.39 is 17.9 Å². The third-order valence-corrected chi connectivity index (χ3v) is 4.60.